The molecule has 12 nitrogen and oxygen atoms in total. The molecule has 1 aromatic carbocycles. The van der Waals surface area contributed by atoms with Gasteiger partial charge in [0.25, 0.3) is 0 Å². The molecular formula is C24H26N10O2. The van der Waals surface area contributed by atoms with Crippen LogP contribution >= 0.6 is 0 Å². The maximum Gasteiger partial charge on any atom is 0.225 e. The summed E-state index contributed by atoms with van der Waals surface area (Å²) in [6.07, 6.45) is 3.35. The van der Waals surface area contributed by atoms with Crippen molar-refractivity contribution in [2.75, 3.05) is 43.4 Å². The zero-order chi connectivity index (χ0) is 24.6. The summed E-state index contributed by atoms with van der Waals surface area (Å²) < 4.78 is 8.83. The predicted molar refractivity (Wildman–Crippen MR) is 135 cm³/mol. The molecule has 0 amide bonds. The Morgan fingerprint density at radius 1 is 1.06 bits per heavy atom. The molecule has 6 rings (SSSR count). The predicted octanol–water partition coefficient (Wildman–Crippen LogP) is 2.34. The molecule has 1 aliphatic rings. The third-order valence-electron chi connectivity index (χ3n) is 6.64. The molecule has 184 valence electrons. The molecule has 0 spiro atoms. The van der Waals surface area contributed by atoms with Gasteiger partial charge in [-0.15, -0.1) is 5.10 Å². The Hall–Kier alpha value is -4.45. The quantitative estimate of drug-likeness (QED) is 0.210. The lowest BCUT2D eigenvalue weighted by Crippen LogP contribution is -2.47. The van der Waals surface area contributed by atoms with E-state index in [9.17, 15) is 0 Å². The molecule has 0 saturated carbocycles. The fourth-order valence-electron chi connectivity index (χ4n) is 4.57. The first-order chi connectivity index (χ1) is 17.6. The van der Waals surface area contributed by atoms with E-state index in [2.05, 4.69) is 47.3 Å². The number of benzene rings is 1. The Labute approximate surface area is 206 Å². The van der Waals surface area contributed by atoms with Crippen molar-refractivity contribution in [3.63, 3.8) is 0 Å². The van der Waals surface area contributed by atoms with Gasteiger partial charge in [-0.2, -0.15) is 14.6 Å². The topological polar surface area (TPSA) is 139 Å². The lowest BCUT2D eigenvalue weighted by Gasteiger charge is -2.36. The molecule has 3 N–H and O–H groups in total. The van der Waals surface area contributed by atoms with E-state index >= 15 is 0 Å². The second-order valence-corrected chi connectivity index (χ2v) is 8.78. The Balaban J connectivity index is 1.13. The lowest BCUT2D eigenvalue weighted by molar-refractivity contribution is 0.245. The number of nitrogens with zero attached hydrogens (tertiary/aromatic N) is 9. The molecule has 5 heterocycles. The fraction of sp³-hybridized carbons (Fsp3) is 0.292. The number of oxime groups is 1. The SMILES string of the molecule is C/C(=N\O)c1ccc(N2CCN(CCn3ncc4c3nc(N)n3nc(-c5ccco5)nc43)CC2)cc1. The van der Waals surface area contributed by atoms with E-state index in [0.29, 0.717) is 35.1 Å². The van der Waals surface area contributed by atoms with E-state index in [1.165, 1.54) is 10.2 Å². The van der Waals surface area contributed by atoms with E-state index in [1.807, 2.05) is 16.8 Å². The third kappa shape index (κ3) is 3.90. The van der Waals surface area contributed by atoms with Gasteiger partial charge in [-0.3, -0.25) is 4.90 Å². The van der Waals surface area contributed by atoms with Crippen LogP contribution in [0.4, 0.5) is 11.6 Å². The van der Waals surface area contributed by atoms with Gasteiger partial charge in [0.05, 0.1) is 30.1 Å². The zero-order valence-electron chi connectivity index (χ0n) is 19.8. The van der Waals surface area contributed by atoms with Gasteiger partial charge >= 0.3 is 0 Å². The van der Waals surface area contributed by atoms with E-state index in [1.54, 1.807) is 31.5 Å². The number of anilines is 2. The minimum atomic E-state index is 0.254. The minimum absolute atomic E-state index is 0.254. The highest BCUT2D eigenvalue weighted by Gasteiger charge is 2.20. The fourth-order valence-corrected chi connectivity index (χ4v) is 4.57. The molecule has 4 aromatic heterocycles. The molecule has 12 heteroatoms. The summed E-state index contributed by atoms with van der Waals surface area (Å²) in [5.41, 5.74) is 10.2. The van der Waals surface area contributed by atoms with Crippen LogP contribution in [0.15, 0.2) is 58.4 Å². The molecule has 1 fully saturated rings. The number of fused-ring (bicyclic) bond motifs is 3. The van der Waals surface area contributed by atoms with Crippen molar-refractivity contribution in [1.29, 1.82) is 0 Å². The normalized spacial score (nSPS) is 15.4. The van der Waals surface area contributed by atoms with Crippen LogP contribution in [0.1, 0.15) is 12.5 Å². The molecule has 0 unspecified atom stereocenters. The monoisotopic (exact) mass is 486 g/mol. The van der Waals surface area contributed by atoms with E-state index in [0.717, 1.165) is 43.7 Å². The summed E-state index contributed by atoms with van der Waals surface area (Å²) in [5, 5.41) is 22.0. The second kappa shape index (κ2) is 8.96. The summed E-state index contributed by atoms with van der Waals surface area (Å²) in [7, 11) is 0. The highest BCUT2D eigenvalue weighted by Crippen LogP contribution is 2.24. The van der Waals surface area contributed by atoms with Crippen molar-refractivity contribution >= 4 is 34.0 Å². The van der Waals surface area contributed by atoms with Gasteiger partial charge in [-0.1, -0.05) is 17.3 Å². The Morgan fingerprint density at radius 3 is 2.58 bits per heavy atom. The number of piperazine rings is 1. The summed E-state index contributed by atoms with van der Waals surface area (Å²) in [4.78, 5) is 14.0. The largest absolute Gasteiger partial charge is 0.461 e. The Morgan fingerprint density at radius 2 is 1.86 bits per heavy atom. The maximum atomic E-state index is 8.95. The molecule has 1 aliphatic heterocycles. The first-order valence-corrected chi connectivity index (χ1v) is 11.8. The number of hydrogen-bond acceptors (Lipinski definition) is 10. The van der Waals surface area contributed by atoms with Gasteiger partial charge in [0.2, 0.25) is 11.8 Å². The summed E-state index contributed by atoms with van der Waals surface area (Å²) in [5.74, 6) is 1.28. The van der Waals surface area contributed by atoms with Gasteiger partial charge in [0.15, 0.2) is 17.1 Å². The number of furan rings is 1. The highest BCUT2D eigenvalue weighted by atomic mass is 16.4. The van der Waals surface area contributed by atoms with Gasteiger partial charge in [0, 0.05) is 38.4 Å². The molecule has 0 bridgehead atoms. The van der Waals surface area contributed by atoms with Gasteiger partial charge in [-0.05, 0) is 36.8 Å². The third-order valence-corrected chi connectivity index (χ3v) is 6.64. The second-order valence-electron chi connectivity index (χ2n) is 8.78. The summed E-state index contributed by atoms with van der Waals surface area (Å²) >= 11 is 0. The van der Waals surface area contributed by atoms with Crippen LogP contribution in [0.3, 0.4) is 0 Å². The van der Waals surface area contributed by atoms with E-state index < -0.39 is 0 Å². The Kier molecular flexibility index (Phi) is 5.49. The first kappa shape index (κ1) is 22.0. The average Bonchev–Trinajstić information content (AvgIpc) is 3.67. The molecule has 0 atom stereocenters. The molecular weight excluding hydrogens is 460 g/mol. The number of rotatable bonds is 6. The number of nitrogens with two attached hydrogens (primary N) is 1. The van der Waals surface area contributed by atoms with Gasteiger partial charge < -0.3 is 20.3 Å². The smallest absolute Gasteiger partial charge is 0.225 e. The standard InChI is InChI=1S/C24H26N10O2/c1-16(30-35)17-4-6-18(7-5-17)32-11-8-31(9-12-32)10-13-33-22-19(15-26-33)23-27-21(20-3-2-14-36-20)29-34(23)24(25)28-22/h2-7,14-15,35H,8-13H2,1H3,(H2,25,28)/b30-16+. The van der Waals surface area contributed by atoms with Crippen LogP contribution in [0, 0.1) is 0 Å². The highest BCUT2D eigenvalue weighted by molar-refractivity contribution is 5.98. The average molecular weight is 487 g/mol. The number of hydrogen-bond donors (Lipinski definition) is 2. The van der Waals surface area contributed by atoms with E-state index in [-0.39, 0.29) is 5.95 Å². The van der Waals surface area contributed by atoms with Crippen molar-refractivity contribution in [2.24, 2.45) is 5.16 Å². The van der Waals surface area contributed by atoms with Crippen molar-refractivity contribution in [1.82, 2.24) is 34.3 Å². The maximum absolute atomic E-state index is 8.95. The van der Waals surface area contributed by atoms with Crippen molar-refractivity contribution < 1.29 is 9.62 Å². The van der Waals surface area contributed by atoms with Gasteiger partial charge in [-0.25, -0.2) is 9.67 Å². The van der Waals surface area contributed by atoms with Crippen LogP contribution in [0.25, 0.3) is 28.3 Å². The van der Waals surface area contributed by atoms with Crippen molar-refractivity contribution in [2.45, 2.75) is 13.5 Å². The first-order valence-electron chi connectivity index (χ1n) is 11.8. The molecule has 36 heavy (non-hydrogen) atoms. The van der Waals surface area contributed by atoms with E-state index in [4.69, 9.17) is 15.4 Å². The number of aromatic nitrogens is 6. The molecule has 0 radical (unpaired) electrons. The summed E-state index contributed by atoms with van der Waals surface area (Å²) in [6, 6.07) is 11.7. The van der Waals surface area contributed by atoms with Crippen LogP contribution < -0.4 is 10.6 Å². The van der Waals surface area contributed by atoms with Gasteiger partial charge in [0.1, 0.15) is 0 Å². The lowest BCUT2D eigenvalue weighted by atomic mass is 10.1. The van der Waals surface area contributed by atoms with Crippen LogP contribution in [-0.4, -0.2) is 77.9 Å². The molecule has 5 aromatic rings. The minimum Gasteiger partial charge on any atom is -0.461 e. The van der Waals surface area contributed by atoms with Crippen molar-refractivity contribution in [3.8, 4) is 11.6 Å². The molecule has 0 aliphatic carbocycles. The zero-order valence-corrected chi connectivity index (χ0v) is 19.8. The van der Waals surface area contributed by atoms with Crippen molar-refractivity contribution in [3.05, 3.63) is 54.4 Å². The number of nitrogen functional groups attached to an aromatic ring is 1. The van der Waals surface area contributed by atoms with Crippen LogP contribution in [-0.2, 0) is 6.54 Å². The molecule has 1 saturated heterocycles. The van der Waals surface area contributed by atoms with Crippen LogP contribution in [0.2, 0.25) is 0 Å². The van der Waals surface area contributed by atoms with Crippen LogP contribution in [0.5, 0.6) is 0 Å². The summed E-state index contributed by atoms with van der Waals surface area (Å²) in [6.45, 7) is 7.11. The Bertz CT molecular complexity index is 1530.